The zero-order valence-corrected chi connectivity index (χ0v) is 12.0. The maximum absolute atomic E-state index is 6.25. The second-order valence-electron chi connectivity index (χ2n) is 4.13. The van der Waals surface area contributed by atoms with Crippen LogP contribution in [0, 0.1) is 6.92 Å². The first kappa shape index (κ1) is 12.4. The lowest BCUT2D eigenvalue weighted by molar-refractivity contribution is 0.415. The molecule has 2 heterocycles. The molecule has 3 aromatic rings. The Hall–Kier alpha value is -1.65. The number of thiophene rings is 1. The predicted octanol–water partition coefficient (Wildman–Crippen LogP) is 4.33. The Morgan fingerprint density at radius 1 is 1.16 bits per heavy atom. The van der Waals surface area contributed by atoms with Crippen molar-refractivity contribution in [2.24, 2.45) is 0 Å². The fraction of sp³-hybridized carbons (Fsp3) is 0.143. The third kappa shape index (κ3) is 2.29. The van der Waals surface area contributed by atoms with Gasteiger partial charge in [-0.15, -0.1) is 11.3 Å². The van der Waals surface area contributed by atoms with E-state index in [4.69, 9.17) is 16.3 Å². The van der Waals surface area contributed by atoms with Crippen LogP contribution in [0.2, 0.25) is 5.15 Å². The van der Waals surface area contributed by atoms with Crippen LogP contribution in [0.5, 0.6) is 5.75 Å². The summed E-state index contributed by atoms with van der Waals surface area (Å²) < 4.78 is 5.18. The van der Waals surface area contributed by atoms with Gasteiger partial charge in [-0.1, -0.05) is 11.6 Å². The number of hydrogen-bond acceptors (Lipinski definition) is 4. The van der Waals surface area contributed by atoms with Gasteiger partial charge in [0.05, 0.1) is 17.5 Å². The number of halogens is 1. The maximum Gasteiger partial charge on any atom is 0.171 e. The highest BCUT2D eigenvalue weighted by Crippen LogP contribution is 2.30. The Morgan fingerprint density at radius 2 is 2.00 bits per heavy atom. The average molecular weight is 291 g/mol. The van der Waals surface area contributed by atoms with Crippen molar-refractivity contribution in [3.63, 3.8) is 0 Å². The van der Waals surface area contributed by atoms with E-state index < -0.39 is 0 Å². The number of hydrogen-bond donors (Lipinski definition) is 0. The third-order valence-corrected chi connectivity index (χ3v) is 4.10. The Balaban J connectivity index is 2.19. The highest BCUT2D eigenvalue weighted by atomic mass is 35.5. The van der Waals surface area contributed by atoms with Crippen LogP contribution >= 0.6 is 22.9 Å². The lowest BCUT2D eigenvalue weighted by Crippen LogP contribution is -1.91. The molecule has 0 aliphatic rings. The highest BCUT2D eigenvalue weighted by molar-refractivity contribution is 7.15. The van der Waals surface area contributed by atoms with Gasteiger partial charge >= 0.3 is 0 Å². The van der Waals surface area contributed by atoms with E-state index in [0.717, 1.165) is 21.5 Å². The molecule has 0 fully saturated rings. The monoisotopic (exact) mass is 290 g/mol. The second-order valence-corrected chi connectivity index (χ2v) is 5.78. The van der Waals surface area contributed by atoms with E-state index in [-0.39, 0.29) is 0 Å². The number of aryl methyl sites for hydroxylation is 1. The molecular weight excluding hydrogens is 280 g/mol. The molecule has 3 rings (SSSR count). The summed E-state index contributed by atoms with van der Waals surface area (Å²) in [7, 11) is 1.62. The summed E-state index contributed by atoms with van der Waals surface area (Å²) in [4.78, 5) is 11.2. The summed E-state index contributed by atoms with van der Waals surface area (Å²) in [6.45, 7) is 2.06. The van der Waals surface area contributed by atoms with Gasteiger partial charge in [-0.3, -0.25) is 0 Å². The van der Waals surface area contributed by atoms with E-state index in [1.165, 1.54) is 4.88 Å². The molecule has 0 atom stereocenters. The quantitative estimate of drug-likeness (QED) is 0.659. The molecule has 0 aliphatic heterocycles. The zero-order valence-electron chi connectivity index (χ0n) is 10.5. The molecule has 3 nitrogen and oxygen atoms in total. The number of rotatable bonds is 2. The Kier molecular flexibility index (Phi) is 3.12. The molecule has 0 unspecified atom stereocenters. The largest absolute Gasteiger partial charge is 0.497 e. The molecule has 1 aromatic carbocycles. The van der Waals surface area contributed by atoms with Crippen molar-refractivity contribution in [1.29, 1.82) is 0 Å². The first-order valence-electron chi connectivity index (χ1n) is 5.75. The topological polar surface area (TPSA) is 35.0 Å². The van der Waals surface area contributed by atoms with Gasteiger partial charge in [-0.05, 0) is 37.3 Å². The first-order valence-corrected chi connectivity index (χ1v) is 6.95. The SMILES string of the molecule is COc1ccc2nc(-c3ccc(C)s3)nc(Cl)c2c1. The van der Waals surface area contributed by atoms with Gasteiger partial charge in [0, 0.05) is 10.3 Å². The van der Waals surface area contributed by atoms with Crippen LogP contribution in [0.15, 0.2) is 30.3 Å². The summed E-state index contributed by atoms with van der Waals surface area (Å²) in [5, 5.41) is 1.25. The van der Waals surface area contributed by atoms with Gasteiger partial charge in [0.2, 0.25) is 0 Å². The van der Waals surface area contributed by atoms with Crippen LogP contribution in [-0.4, -0.2) is 17.1 Å². The molecule has 19 heavy (non-hydrogen) atoms. The van der Waals surface area contributed by atoms with Crippen LogP contribution in [0.25, 0.3) is 21.6 Å². The van der Waals surface area contributed by atoms with Crippen molar-refractivity contribution in [1.82, 2.24) is 9.97 Å². The molecule has 0 saturated heterocycles. The predicted molar refractivity (Wildman–Crippen MR) is 79.2 cm³/mol. The van der Waals surface area contributed by atoms with Gasteiger partial charge in [0.1, 0.15) is 10.9 Å². The minimum Gasteiger partial charge on any atom is -0.497 e. The van der Waals surface area contributed by atoms with E-state index in [9.17, 15) is 0 Å². The smallest absolute Gasteiger partial charge is 0.171 e. The number of aromatic nitrogens is 2. The molecule has 0 bridgehead atoms. The summed E-state index contributed by atoms with van der Waals surface area (Å²) in [5.74, 6) is 1.42. The van der Waals surface area contributed by atoms with E-state index >= 15 is 0 Å². The number of benzene rings is 1. The van der Waals surface area contributed by atoms with E-state index in [1.54, 1.807) is 18.4 Å². The van der Waals surface area contributed by atoms with Crippen molar-refractivity contribution < 1.29 is 4.74 Å². The van der Waals surface area contributed by atoms with Crippen molar-refractivity contribution in [3.05, 3.63) is 40.4 Å². The molecule has 0 amide bonds. The molecule has 0 spiro atoms. The van der Waals surface area contributed by atoms with Gasteiger partial charge in [0.15, 0.2) is 5.82 Å². The van der Waals surface area contributed by atoms with Gasteiger partial charge in [0.25, 0.3) is 0 Å². The van der Waals surface area contributed by atoms with Gasteiger partial charge < -0.3 is 4.74 Å². The minimum absolute atomic E-state index is 0.449. The fourth-order valence-electron chi connectivity index (χ4n) is 1.86. The molecule has 5 heteroatoms. The lowest BCUT2D eigenvalue weighted by atomic mass is 10.2. The second kappa shape index (κ2) is 4.79. The minimum atomic E-state index is 0.449. The zero-order chi connectivity index (χ0) is 13.4. The van der Waals surface area contributed by atoms with E-state index in [2.05, 4.69) is 23.0 Å². The normalized spacial score (nSPS) is 10.9. The Bertz CT molecular complexity index is 754. The third-order valence-electron chi connectivity index (χ3n) is 2.82. The van der Waals surface area contributed by atoms with Crippen LogP contribution < -0.4 is 4.74 Å². The Morgan fingerprint density at radius 3 is 2.68 bits per heavy atom. The lowest BCUT2D eigenvalue weighted by Gasteiger charge is -2.05. The summed E-state index contributed by atoms with van der Waals surface area (Å²) in [6, 6.07) is 9.68. The fourth-order valence-corrected chi connectivity index (χ4v) is 2.90. The van der Waals surface area contributed by atoms with Crippen LogP contribution in [-0.2, 0) is 0 Å². The highest BCUT2D eigenvalue weighted by Gasteiger charge is 2.10. The van der Waals surface area contributed by atoms with Crippen LogP contribution in [0.1, 0.15) is 4.88 Å². The summed E-state index contributed by atoms with van der Waals surface area (Å²) >= 11 is 7.90. The number of fused-ring (bicyclic) bond motifs is 1. The molecule has 0 aliphatic carbocycles. The van der Waals surface area contributed by atoms with Crippen molar-refractivity contribution in [2.45, 2.75) is 6.92 Å². The van der Waals surface area contributed by atoms with Gasteiger partial charge in [-0.2, -0.15) is 0 Å². The van der Waals surface area contributed by atoms with Crippen LogP contribution in [0.4, 0.5) is 0 Å². The molecule has 96 valence electrons. The summed E-state index contributed by atoms with van der Waals surface area (Å²) in [5.41, 5.74) is 0.821. The van der Waals surface area contributed by atoms with Crippen molar-refractivity contribution >= 4 is 33.8 Å². The molecule has 0 radical (unpaired) electrons. The first-order chi connectivity index (χ1) is 9.17. The molecule has 0 N–H and O–H groups in total. The number of nitrogens with zero attached hydrogens (tertiary/aromatic N) is 2. The van der Waals surface area contributed by atoms with Gasteiger partial charge in [-0.25, -0.2) is 9.97 Å². The molecular formula is C14H11ClN2OS. The maximum atomic E-state index is 6.25. The molecule has 0 saturated carbocycles. The van der Waals surface area contributed by atoms with E-state index in [0.29, 0.717) is 11.0 Å². The molecule has 2 aromatic heterocycles. The van der Waals surface area contributed by atoms with E-state index in [1.807, 2.05) is 24.3 Å². The van der Waals surface area contributed by atoms with Crippen molar-refractivity contribution in [3.8, 4) is 16.5 Å². The standard InChI is InChI=1S/C14H11ClN2OS/c1-8-3-6-12(19-8)14-16-11-5-4-9(18-2)7-10(11)13(15)17-14/h3-7H,1-2H3. The van der Waals surface area contributed by atoms with Crippen LogP contribution in [0.3, 0.4) is 0 Å². The van der Waals surface area contributed by atoms with Crippen molar-refractivity contribution in [2.75, 3.05) is 7.11 Å². The number of methoxy groups -OCH3 is 1. The summed E-state index contributed by atoms with van der Waals surface area (Å²) in [6.07, 6.45) is 0. The average Bonchev–Trinajstić information content (AvgIpc) is 2.85. The Labute approximate surface area is 119 Å². The number of ether oxygens (including phenoxy) is 1.